The number of anilines is 1. The molecule has 3 heterocycles. The molecule has 29 heavy (non-hydrogen) atoms. The molecule has 0 saturated carbocycles. The smallest absolute Gasteiger partial charge is 0.352 e. The minimum absolute atomic E-state index is 0.00125. The van der Waals surface area contributed by atoms with E-state index < -0.39 is 23.5 Å². The molecule has 0 unspecified atom stereocenters. The Labute approximate surface area is 161 Å². The summed E-state index contributed by atoms with van der Waals surface area (Å²) < 4.78 is 81.8. The van der Waals surface area contributed by atoms with Crippen LogP contribution in [-0.2, 0) is 13.0 Å². The number of fused-ring (bicyclic) bond motifs is 3. The van der Waals surface area contributed by atoms with Gasteiger partial charge in [0.15, 0.2) is 5.82 Å². The highest BCUT2D eigenvalue weighted by molar-refractivity contribution is 6.08. The lowest BCUT2D eigenvalue weighted by molar-refractivity contribution is -0.290. The first-order chi connectivity index (χ1) is 13.5. The summed E-state index contributed by atoms with van der Waals surface area (Å²) in [5.74, 6) is -6.52. The number of alkyl halides is 5. The van der Waals surface area contributed by atoms with E-state index in [0.717, 1.165) is 13.1 Å². The molecule has 0 aliphatic carbocycles. The van der Waals surface area contributed by atoms with Crippen molar-refractivity contribution in [2.45, 2.75) is 12.1 Å². The van der Waals surface area contributed by atoms with Gasteiger partial charge in [0.1, 0.15) is 11.3 Å². The van der Waals surface area contributed by atoms with Gasteiger partial charge in [-0.1, -0.05) is 0 Å². The Hall–Kier alpha value is -2.56. The molecule has 4 rings (SSSR count). The highest BCUT2D eigenvalue weighted by Crippen LogP contribution is 2.46. The number of hydrogen-bond acceptors (Lipinski definition) is 4. The summed E-state index contributed by atoms with van der Waals surface area (Å²) in [4.78, 5) is 8.45. The number of pyridine rings is 1. The Balaban J connectivity index is 1.95. The van der Waals surface area contributed by atoms with Crippen LogP contribution in [0.5, 0.6) is 0 Å². The molecule has 1 fully saturated rings. The number of halogens is 6. The molecule has 0 radical (unpaired) electrons. The average Bonchev–Trinajstić information content (AvgIpc) is 3.01. The van der Waals surface area contributed by atoms with Crippen molar-refractivity contribution in [3.8, 4) is 0 Å². The molecular formula is C18H17F6N5. The zero-order valence-corrected chi connectivity index (χ0v) is 15.6. The van der Waals surface area contributed by atoms with E-state index in [-0.39, 0.29) is 10.9 Å². The van der Waals surface area contributed by atoms with Gasteiger partial charge >= 0.3 is 12.1 Å². The first-order valence-corrected chi connectivity index (χ1v) is 8.84. The van der Waals surface area contributed by atoms with Crippen LogP contribution < -0.4 is 4.90 Å². The summed E-state index contributed by atoms with van der Waals surface area (Å²) >= 11 is 0. The third-order valence-corrected chi connectivity index (χ3v) is 5.14. The highest BCUT2D eigenvalue weighted by Gasteiger charge is 2.60. The molecule has 0 bridgehead atoms. The van der Waals surface area contributed by atoms with Crippen molar-refractivity contribution in [2.24, 2.45) is 7.05 Å². The second kappa shape index (κ2) is 6.48. The first-order valence-electron chi connectivity index (χ1n) is 8.84. The summed E-state index contributed by atoms with van der Waals surface area (Å²) in [6.07, 6.45) is -4.41. The van der Waals surface area contributed by atoms with Gasteiger partial charge in [0.25, 0.3) is 0 Å². The molecule has 5 nitrogen and oxygen atoms in total. The van der Waals surface area contributed by atoms with Gasteiger partial charge < -0.3 is 9.80 Å². The predicted octanol–water partition coefficient (Wildman–Crippen LogP) is 3.67. The van der Waals surface area contributed by atoms with Crippen LogP contribution >= 0.6 is 0 Å². The number of rotatable bonds is 2. The molecule has 0 N–H and O–H groups in total. The van der Waals surface area contributed by atoms with E-state index in [2.05, 4.69) is 15.0 Å². The molecule has 1 aliphatic heterocycles. The van der Waals surface area contributed by atoms with Crippen molar-refractivity contribution in [1.29, 1.82) is 0 Å². The fourth-order valence-electron chi connectivity index (χ4n) is 3.52. The van der Waals surface area contributed by atoms with Gasteiger partial charge in [-0.2, -0.15) is 27.1 Å². The van der Waals surface area contributed by atoms with Crippen LogP contribution in [0.3, 0.4) is 0 Å². The van der Waals surface area contributed by atoms with Crippen LogP contribution in [0.25, 0.3) is 21.8 Å². The molecule has 2 aromatic heterocycles. The lowest BCUT2D eigenvalue weighted by atomic mass is 10.0. The largest absolute Gasteiger partial charge is 0.458 e. The molecule has 1 aliphatic rings. The van der Waals surface area contributed by atoms with Crippen molar-refractivity contribution in [2.75, 3.05) is 38.1 Å². The summed E-state index contributed by atoms with van der Waals surface area (Å²) in [7, 11) is 3.58. The van der Waals surface area contributed by atoms with Crippen LogP contribution in [0.15, 0.2) is 18.3 Å². The molecule has 1 saturated heterocycles. The third kappa shape index (κ3) is 3.17. The Morgan fingerprint density at radius 3 is 2.21 bits per heavy atom. The second-order valence-electron chi connectivity index (χ2n) is 7.21. The average molecular weight is 417 g/mol. The van der Waals surface area contributed by atoms with E-state index in [1.807, 2.05) is 11.9 Å². The monoisotopic (exact) mass is 417 g/mol. The van der Waals surface area contributed by atoms with Crippen molar-refractivity contribution < 1.29 is 26.3 Å². The SMILES string of the molecule is CN1CCN(c2nc3cc(F)c(C(F)(F)C(F)(F)F)cc3c3cn(C)nc23)CC1. The molecule has 156 valence electrons. The van der Waals surface area contributed by atoms with Gasteiger partial charge in [-0.05, 0) is 13.1 Å². The number of nitrogens with zero attached hydrogens (tertiary/aromatic N) is 5. The van der Waals surface area contributed by atoms with Crippen LogP contribution in [-0.4, -0.2) is 59.1 Å². The molecule has 0 spiro atoms. The number of piperazine rings is 1. The maximum absolute atomic E-state index is 14.3. The van der Waals surface area contributed by atoms with E-state index in [1.165, 1.54) is 10.9 Å². The quantitative estimate of drug-likeness (QED) is 0.597. The summed E-state index contributed by atoms with van der Waals surface area (Å²) in [6.45, 7) is 2.79. The lowest BCUT2D eigenvalue weighted by Gasteiger charge is -2.33. The fraction of sp³-hybridized carbons (Fsp3) is 0.444. The molecule has 3 aromatic rings. The van der Waals surface area contributed by atoms with Gasteiger partial charge in [-0.3, -0.25) is 4.68 Å². The number of hydrogen-bond donors (Lipinski definition) is 0. The van der Waals surface area contributed by atoms with Gasteiger partial charge in [-0.15, -0.1) is 0 Å². The zero-order valence-electron chi connectivity index (χ0n) is 15.6. The maximum Gasteiger partial charge on any atom is 0.458 e. The van der Waals surface area contributed by atoms with Crippen molar-refractivity contribution in [3.63, 3.8) is 0 Å². The Kier molecular flexibility index (Phi) is 4.41. The number of benzene rings is 1. The van der Waals surface area contributed by atoms with E-state index in [4.69, 9.17) is 0 Å². The minimum Gasteiger partial charge on any atom is -0.352 e. The first kappa shape index (κ1) is 19.7. The number of likely N-dealkylation sites (N-methyl/N-ethyl adjacent to an activating group) is 1. The Morgan fingerprint density at radius 2 is 1.59 bits per heavy atom. The number of aromatic nitrogens is 3. The summed E-state index contributed by atoms with van der Waals surface area (Å²) in [5.41, 5.74) is -1.35. The Morgan fingerprint density at radius 1 is 0.931 bits per heavy atom. The topological polar surface area (TPSA) is 37.2 Å². The van der Waals surface area contributed by atoms with Crippen molar-refractivity contribution in [3.05, 3.63) is 29.7 Å². The van der Waals surface area contributed by atoms with Crippen LogP contribution in [0, 0.1) is 5.82 Å². The maximum atomic E-state index is 14.3. The van der Waals surface area contributed by atoms with Gasteiger partial charge in [-0.25, -0.2) is 9.37 Å². The normalized spacial score (nSPS) is 16.9. The van der Waals surface area contributed by atoms with Gasteiger partial charge in [0.2, 0.25) is 0 Å². The van der Waals surface area contributed by atoms with Crippen LogP contribution in [0.4, 0.5) is 32.2 Å². The van der Waals surface area contributed by atoms with E-state index in [9.17, 15) is 26.3 Å². The zero-order chi connectivity index (χ0) is 21.1. The standard InChI is InChI=1S/C18H17F6N5/c1-27-3-5-29(6-4-27)16-15-11(9-28(2)26-15)10-7-12(13(19)8-14(10)25-16)17(20,21)18(22,23)24/h7-9H,3-6H2,1-2H3. The predicted molar refractivity (Wildman–Crippen MR) is 95.6 cm³/mol. The van der Waals surface area contributed by atoms with E-state index >= 15 is 0 Å². The Bertz CT molecular complexity index is 1080. The summed E-state index contributed by atoms with van der Waals surface area (Å²) in [5, 5.41) is 4.65. The van der Waals surface area contributed by atoms with E-state index in [0.29, 0.717) is 41.9 Å². The third-order valence-electron chi connectivity index (χ3n) is 5.14. The lowest BCUT2D eigenvalue weighted by Crippen LogP contribution is -2.44. The molecule has 1 aromatic carbocycles. The van der Waals surface area contributed by atoms with Gasteiger partial charge in [0.05, 0.1) is 11.1 Å². The molecular weight excluding hydrogens is 400 g/mol. The van der Waals surface area contributed by atoms with E-state index in [1.54, 1.807) is 7.05 Å². The van der Waals surface area contributed by atoms with Crippen LogP contribution in [0.1, 0.15) is 5.56 Å². The fourth-order valence-corrected chi connectivity index (χ4v) is 3.52. The highest BCUT2D eigenvalue weighted by atomic mass is 19.4. The minimum atomic E-state index is -5.91. The van der Waals surface area contributed by atoms with Gasteiger partial charge in [0, 0.05) is 56.3 Å². The van der Waals surface area contributed by atoms with Crippen LogP contribution in [0.2, 0.25) is 0 Å². The summed E-state index contributed by atoms with van der Waals surface area (Å²) in [6, 6.07) is 1.17. The molecule has 0 atom stereocenters. The molecule has 11 heteroatoms. The second-order valence-corrected chi connectivity index (χ2v) is 7.21. The van der Waals surface area contributed by atoms with Crippen molar-refractivity contribution >= 4 is 27.6 Å². The van der Waals surface area contributed by atoms with Crippen molar-refractivity contribution in [1.82, 2.24) is 19.7 Å². The molecule has 0 amide bonds. The number of aryl methyl sites for hydroxylation is 1.